The number of halogens is 1. The molecule has 3 nitrogen and oxygen atoms in total. The number of H-pyrrole nitrogens is 1. The summed E-state index contributed by atoms with van der Waals surface area (Å²) in [5.74, 6) is 0.853. The number of aromatic amines is 1. The van der Waals surface area contributed by atoms with Crippen molar-refractivity contribution < 1.29 is 0 Å². The van der Waals surface area contributed by atoms with Gasteiger partial charge in [0.1, 0.15) is 5.82 Å². The van der Waals surface area contributed by atoms with Crippen molar-refractivity contribution in [3.05, 3.63) is 64.8 Å². The Bertz CT molecular complexity index is 734. The first-order chi connectivity index (χ1) is 9.78. The third-order valence-electron chi connectivity index (χ3n) is 3.18. The van der Waals surface area contributed by atoms with Gasteiger partial charge in [0.2, 0.25) is 0 Å². The lowest BCUT2D eigenvalue weighted by molar-refractivity contribution is 1.07. The number of aromatic nitrogens is 2. The molecule has 0 aliphatic heterocycles. The van der Waals surface area contributed by atoms with E-state index in [4.69, 9.17) is 5.73 Å². The van der Waals surface area contributed by atoms with Crippen LogP contribution in [0.15, 0.2) is 59.2 Å². The summed E-state index contributed by atoms with van der Waals surface area (Å²) >= 11 is 3.56. The van der Waals surface area contributed by atoms with Crippen LogP contribution in [-0.4, -0.2) is 9.97 Å². The first-order valence-corrected chi connectivity index (χ1v) is 7.16. The molecule has 0 atom stereocenters. The molecule has 0 spiro atoms. The maximum atomic E-state index is 5.68. The fourth-order valence-corrected chi connectivity index (χ4v) is 2.63. The maximum Gasteiger partial charge on any atom is 0.137 e. The van der Waals surface area contributed by atoms with Crippen molar-refractivity contribution in [3.8, 4) is 22.6 Å². The van der Waals surface area contributed by atoms with Crippen LogP contribution in [0.1, 0.15) is 5.56 Å². The van der Waals surface area contributed by atoms with Gasteiger partial charge in [0.05, 0.1) is 11.9 Å². The van der Waals surface area contributed by atoms with Crippen LogP contribution in [0.2, 0.25) is 0 Å². The second kappa shape index (κ2) is 5.61. The molecule has 0 bridgehead atoms. The van der Waals surface area contributed by atoms with Crippen LogP contribution >= 0.6 is 15.9 Å². The molecular weight excluding hydrogens is 314 g/mol. The largest absolute Gasteiger partial charge is 0.338 e. The minimum Gasteiger partial charge on any atom is -0.338 e. The van der Waals surface area contributed by atoms with E-state index in [1.54, 1.807) is 0 Å². The van der Waals surface area contributed by atoms with Crippen LogP contribution in [0.25, 0.3) is 22.6 Å². The van der Waals surface area contributed by atoms with Crippen molar-refractivity contribution in [2.75, 3.05) is 0 Å². The minimum atomic E-state index is 0.533. The molecule has 0 amide bonds. The van der Waals surface area contributed by atoms with Crippen molar-refractivity contribution in [1.29, 1.82) is 0 Å². The smallest absolute Gasteiger partial charge is 0.137 e. The first kappa shape index (κ1) is 13.1. The van der Waals surface area contributed by atoms with Crippen LogP contribution < -0.4 is 5.73 Å². The number of benzene rings is 2. The van der Waals surface area contributed by atoms with Gasteiger partial charge in [0.25, 0.3) is 0 Å². The summed E-state index contributed by atoms with van der Waals surface area (Å²) in [6, 6.07) is 16.2. The summed E-state index contributed by atoms with van der Waals surface area (Å²) in [6.07, 6.45) is 1.85. The Morgan fingerprint density at radius 3 is 2.75 bits per heavy atom. The summed E-state index contributed by atoms with van der Waals surface area (Å²) < 4.78 is 1.05. The van der Waals surface area contributed by atoms with Gasteiger partial charge in [-0.25, -0.2) is 4.98 Å². The molecule has 20 heavy (non-hydrogen) atoms. The van der Waals surface area contributed by atoms with E-state index >= 15 is 0 Å². The van der Waals surface area contributed by atoms with E-state index < -0.39 is 0 Å². The zero-order valence-corrected chi connectivity index (χ0v) is 12.4. The third kappa shape index (κ3) is 2.53. The molecule has 1 aromatic heterocycles. The standard InChI is InChI=1S/C16H14BrN3/c17-14-7-2-1-6-13(14)15-10-19-16(20-15)12-5-3-4-11(8-12)9-18/h1-8,10H,9,18H2,(H,19,20). The lowest BCUT2D eigenvalue weighted by Crippen LogP contribution is -1.96. The average Bonchev–Trinajstić information content (AvgIpc) is 2.97. The van der Waals surface area contributed by atoms with Gasteiger partial charge in [0.15, 0.2) is 0 Å². The molecule has 3 rings (SSSR count). The molecule has 1 heterocycles. The second-order valence-electron chi connectivity index (χ2n) is 4.53. The highest BCUT2D eigenvalue weighted by Gasteiger charge is 2.08. The van der Waals surface area contributed by atoms with Crippen molar-refractivity contribution in [2.45, 2.75) is 6.54 Å². The number of imidazole rings is 1. The topological polar surface area (TPSA) is 54.7 Å². The molecule has 0 fully saturated rings. The highest BCUT2D eigenvalue weighted by atomic mass is 79.9. The zero-order valence-electron chi connectivity index (χ0n) is 10.8. The van der Waals surface area contributed by atoms with Gasteiger partial charge in [-0.2, -0.15) is 0 Å². The monoisotopic (exact) mass is 327 g/mol. The fraction of sp³-hybridized carbons (Fsp3) is 0.0625. The molecule has 4 heteroatoms. The Balaban J connectivity index is 2.00. The van der Waals surface area contributed by atoms with E-state index in [2.05, 4.69) is 38.0 Å². The van der Waals surface area contributed by atoms with Gasteiger partial charge in [-0.05, 0) is 17.7 Å². The normalized spacial score (nSPS) is 10.7. The quantitative estimate of drug-likeness (QED) is 0.764. The molecule has 3 N–H and O–H groups in total. The van der Waals surface area contributed by atoms with Gasteiger partial charge in [-0.1, -0.05) is 52.3 Å². The van der Waals surface area contributed by atoms with Crippen LogP contribution in [0.3, 0.4) is 0 Å². The van der Waals surface area contributed by atoms with Gasteiger partial charge < -0.3 is 10.7 Å². The van der Waals surface area contributed by atoms with E-state index in [0.717, 1.165) is 32.7 Å². The summed E-state index contributed by atoms with van der Waals surface area (Å²) in [7, 11) is 0. The predicted molar refractivity (Wildman–Crippen MR) is 85.1 cm³/mol. The summed E-state index contributed by atoms with van der Waals surface area (Å²) in [5.41, 5.74) is 9.91. The van der Waals surface area contributed by atoms with Gasteiger partial charge in [-0.3, -0.25) is 0 Å². The molecule has 100 valence electrons. The van der Waals surface area contributed by atoms with Crippen LogP contribution in [0.5, 0.6) is 0 Å². The first-order valence-electron chi connectivity index (χ1n) is 6.37. The lowest BCUT2D eigenvalue weighted by Gasteiger charge is -2.02. The Hall–Kier alpha value is -1.91. The SMILES string of the molecule is NCc1cccc(-c2ncc(-c3ccccc3Br)[nH]2)c1. The average molecular weight is 328 g/mol. The third-order valence-corrected chi connectivity index (χ3v) is 3.87. The molecule has 0 unspecified atom stereocenters. The number of rotatable bonds is 3. The van der Waals surface area contributed by atoms with Crippen LogP contribution in [-0.2, 0) is 6.54 Å². The molecule has 2 aromatic carbocycles. The number of hydrogen-bond donors (Lipinski definition) is 2. The van der Waals surface area contributed by atoms with E-state index in [1.165, 1.54) is 0 Å². The van der Waals surface area contributed by atoms with Crippen LogP contribution in [0, 0.1) is 0 Å². The van der Waals surface area contributed by atoms with Crippen molar-refractivity contribution in [1.82, 2.24) is 9.97 Å². The highest BCUT2D eigenvalue weighted by Crippen LogP contribution is 2.28. The fourth-order valence-electron chi connectivity index (χ4n) is 2.13. The lowest BCUT2D eigenvalue weighted by atomic mass is 10.1. The minimum absolute atomic E-state index is 0.533. The molecule has 0 saturated heterocycles. The Kier molecular flexibility index (Phi) is 3.67. The molecule has 3 aromatic rings. The Morgan fingerprint density at radius 2 is 1.95 bits per heavy atom. The Labute approximate surface area is 126 Å². The van der Waals surface area contributed by atoms with E-state index in [0.29, 0.717) is 6.54 Å². The van der Waals surface area contributed by atoms with E-state index in [1.807, 2.05) is 42.6 Å². The van der Waals surface area contributed by atoms with Crippen molar-refractivity contribution in [3.63, 3.8) is 0 Å². The molecule has 0 aliphatic rings. The number of nitrogens with two attached hydrogens (primary N) is 1. The summed E-state index contributed by atoms with van der Waals surface area (Å²) in [5, 5.41) is 0. The highest BCUT2D eigenvalue weighted by molar-refractivity contribution is 9.10. The van der Waals surface area contributed by atoms with Gasteiger partial charge in [0, 0.05) is 22.1 Å². The predicted octanol–water partition coefficient (Wildman–Crippen LogP) is 3.96. The van der Waals surface area contributed by atoms with Crippen LogP contribution in [0.4, 0.5) is 0 Å². The second-order valence-corrected chi connectivity index (χ2v) is 5.38. The molecule has 0 aliphatic carbocycles. The van der Waals surface area contributed by atoms with E-state index in [-0.39, 0.29) is 0 Å². The zero-order chi connectivity index (χ0) is 13.9. The molecule has 0 saturated carbocycles. The summed E-state index contributed by atoms with van der Waals surface area (Å²) in [4.78, 5) is 7.82. The molecular formula is C16H14BrN3. The Morgan fingerprint density at radius 1 is 1.10 bits per heavy atom. The number of hydrogen-bond acceptors (Lipinski definition) is 2. The number of nitrogens with one attached hydrogen (secondary N) is 1. The van der Waals surface area contributed by atoms with Crippen molar-refractivity contribution in [2.24, 2.45) is 5.73 Å². The van der Waals surface area contributed by atoms with Gasteiger partial charge >= 0.3 is 0 Å². The molecule has 0 radical (unpaired) electrons. The summed E-state index contributed by atoms with van der Waals surface area (Å²) in [6.45, 7) is 0.533. The maximum absolute atomic E-state index is 5.68. The van der Waals surface area contributed by atoms with Gasteiger partial charge in [-0.15, -0.1) is 0 Å². The number of nitrogens with zero attached hydrogens (tertiary/aromatic N) is 1. The van der Waals surface area contributed by atoms with Crippen molar-refractivity contribution >= 4 is 15.9 Å². The van der Waals surface area contributed by atoms with E-state index in [9.17, 15) is 0 Å².